The second-order valence-corrected chi connectivity index (χ2v) is 6.95. The van der Waals surface area contributed by atoms with Gasteiger partial charge in [-0.05, 0) is 37.5 Å². The van der Waals surface area contributed by atoms with Crippen LogP contribution in [0.4, 0.5) is 4.79 Å². The number of carbonyl (C=O) groups is 2. The van der Waals surface area contributed by atoms with E-state index in [1.165, 1.54) is 11.8 Å². The molecule has 8 heteroatoms. The summed E-state index contributed by atoms with van der Waals surface area (Å²) in [5, 5.41) is 10.5. The standard InChI is InChI=1S/C16H21N5O2S/c1-9(2)13(14(22)18-15(17)23)24-16-20-19-11(4)21(16)12-7-5-6-10(3)8-12/h5-9,13H,1-4H3,(H3,17,18,22,23)/t13-/m1/s1. The molecule has 0 aliphatic rings. The first kappa shape index (κ1) is 18.0. The van der Waals surface area contributed by atoms with Crippen LogP contribution in [0.1, 0.15) is 25.2 Å². The molecule has 128 valence electrons. The van der Waals surface area contributed by atoms with Crippen LogP contribution in [-0.4, -0.2) is 32.0 Å². The van der Waals surface area contributed by atoms with E-state index in [-0.39, 0.29) is 5.92 Å². The number of hydrogen-bond donors (Lipinski definition) is 2. The zero-order valence-electron chi connectivity index (χ0n) is 14.1. The third-order valence-corrected chi connectivity index (χ3v) is 4.89. The fourth-order valence-corrected chi connectivity index (χ4v) is 3.38. The maximum Gasteiger partial charge on any atom is 0.318 e. The number of primary amides is 1. The Labute approximate surface area is 145 Å². The molecule has 2 aromatic rings. The zero-order valence-corrected chi connectivity index (χ0v) is 14.9. The van der Waals surface area contributed by atoms with Crippen molar-refractivity contribution in [1.82, 2.24) is 20.1 Å². The molecule has 1 heterocycles. The quantitative estimate of drug-likeness (QED) is 0.807. The highest BCUT2D eigenvalue weighted by atomic mass is 32.2. The van der Waals surface area contributed by atoms with Crippen LogP contribution in [-0.2, 0) is 4.79 Å². The van der Waals surface area contributed by atoms with Gasteiger partial charge in [0.2, 0.25) is 5.91 Å². The van der Waals surface area contributed by atoms with E-state index in [1.807, 2.05) is 56.5 Å². The zero-order chi connectivity index (χ0) is 17.9. The largest absolute Gasteiger partial charge is 0.351 e. The third kappa shape index (κ3) is 4.14. The van der Waals surface area contributed by atoms with Crippen LogP contribution in [0.25, 0.3) is 5.69 Å². The van der Waals surface area contributed by atoms with Gasteiger partial charge in [-0.2, -0.15) is 0 Å². The summed E-state index contributed by atoms with van der Waals surface area (Å²) in [6, 6.07) is 7.09. The smallest absolute Gasteiger partial charge is 0.318 e. The molecule has 1 atom stereocenters. The van der Waals surface area contributed by atoms with Crippen LogP contribution >= 0.6 is 11.8 Å². The van der Waals surface area contributed by atoms with Gasteiger partial charge in [0.1, 0.15) is 5.82 Å². The van der Waals surface area contributed by atoms with E-state index < -0.39 is 17.2 Å². The van der Waals surface area contributed by atoms with Gasteiger partial charge in [-0.15, -0.1) is 10.2 Å². The molecule has 7 nitrogen and oxygen atoms in total. The Morgan fingerprint density at radius 3 is 2.54 bits per heavy atom. The minimum atomic E-state index is -0.859. The van der Waals surface area contributed by atoms with Crippen LogP contribution in [0.3, 0.4) is 0 Å². The normalized spacial score (nSPS) is 12.2. The fraction of sp³-hybridized carbons (Fsp3) is 0.375. The maximum atomic E-state index is 12.2. The van der Waals surface area contributed by atoms with Gasteiger partial charge in [0.15, 0.2) is 5.16 Å². The van der Waals surface area contributed by atoms with Crippen molar-refractivity contribution in [2.75, 3.05) is 0 Å². The third-order valence-electron chi connectivity index (χ3n) is 3.40. The average Bonchev–Trinajstić information content (AvgIpc) is 2.84. The molecule has 1 aromatic heterocycles. The molecular weight excluding hydrogens is 326 g/mol. The van der Waals surface area contributed by atoms with Crippen molar-refractivity contribution >= 4 is 23.7 Å². The van der Waals surface area contributed by atoms with Crippen LogP contribution in [0.2, 0.25) is 0 Å². The number of rotatable bonds is 5. The summed E-state index contributed by atoms with van der Waals surface area (Å²) in [5.41, 5.74) is 7.10. The van der Waals surface area contributed by atoms with E-state index >= 15 is 0 Å². The molecule has 0 spiro atoms. The molecule has 3 amide bonds. The molecule has 0 saturated carbocycles. The van der Waals surface area contributed by atoms with Crippen LogP contribution in [0.15, 0.2) is 29.4 Å². The highest BCUT2D eigenvalue weighted by molar-refractivity contribution is 8.00. The first-order valence-corrected chi connectivity index (χ1v) is 8.43. The average molecular weight is 347 g/mol. The van der Waals surface area contributed by atoms with Crippen molar-refractivity contribution in [3.63, 3.8) is 0 Å². The van der Waals surface area contributed by atoms with Crippen molar-refractivity contribution in [3.8, 4) is 5.69 Å². The van der Waals surface area contributed by atoms with E-state index in [2.05, 4.69) is 15.5 Å². The van der Waals surface area contributed by atoms with E-state index in [0.29, 0.717) is 5.16 Å². The minimum Gasteiger partial charge on any atom is -0.351 e. The summed E-state index contributed by atoms with van der Waals surface area (Å²) >= 11 is 1.26. The number of aromatic nitrogens is 3. The Morgan fingerprint density at radius 2 is 1.96 bits per heavy atom. The number of hydrogen-bond acceptors (Lipinski definition) is 5. The summed E-state index contributed by atoms with van der Waals surface area (Å²) in [6.07, 6.45) is 0. The SMILES string of the molecule is Cc1cccc(-n2c(C)nnc2S[C@@H](C(=O)NC(N)=O)C(C)C)c1. The Hall–Kier alpha value is -2.35. The van der Waals surface area contributed by atoms with Crippen LogP contribution in [0, 0.1) is 19.8 Å². The highest BCUT2D eigenvalue weighted by Crippen LogP contribution is 2.29. The number of imide groups is 1. The maximum absolute atomic E-state index is 12.2. The summed E-state index contributed by atoms with van der Waals surface area (Å²) in [7, 11) is 0. The first-order valence-electron chi connectivity index (χ1n) is 7.55. The summed E-state index contributed by atoms with van der Waals surface area (Å²) < 4.78 is 1.89. The van der Waals surface area contributed by atoms with Gasteiger partial charge >= 0.3 is 6.03 Å². The number of urea groups is 1. The minimum absolute atomic E-state index is 0.0164. The van der Waals surface area contributed by atoms with Crippen LogP contribution in [0.5, 0.6) is 0 Å². The Balaban J connectivity index is 2.35. The van der Waals surface area contributed by atoms with E-state index in [4.69, 9.17) is 5.73 Å². The number of nitrogens with zero attached hydrogens (tertiary/aromatic N) is 3. The molecule has 0 unspecified atom stereocenters. The van der Waals surface area contributed by atoms with Gasteiger partial charge in [-0.3, -0.25) is 14.7 Å². The number of carbonyl (C=O) groups excluding carboxylic acids is 2. The van der Waals surface area contributed by atoms with E-state index in [0.717, 1.165) is 17.1 Å². The lowest BCUT2D eigenvalue weighted by Crippen LogP contribution is -2.42. The molecular formula is C16H21N5O2S. The molecule has 24 heavy (non-hydrogen) atoms. The van der Waals surface area contributed by atoms with Crippen molar-refractivity contribution < 1.29 is 9.59 Å². The van der Waals surface area contributed by atoms with Crippen molar-refractivity contribution in [3.05, 3.63) is 35.7 Å². The Bertz CT molecular complexity index is 757. The summed E-state index contributed by atoms with van der Waals surface area (Å²) in [6.45, 7) is 7.66. The number of nitrogens with one attached hydrogen (secondary N) is 1. The van der Waals surface area contributed by atoms with Gasteiger partial charge in [-0.1, -0.05) is 37.7 Å². The predicted molar refractivity (Wildman–Crippen MR) is 93.0 cm³/mol. The van der Waals surface area contributed by atoms with E-state index in [1.54, 1.807) is 0 Å². The summed E-state index contributed by atoms with van der Waals surface area (Å²) in [5.74, 6) is 0.275. The second-order valence-electron chi connectivity index (χ2n) is 5.84. The lowest BCUT2D eigenvalue weighted by molar-refractivity contribution is -0.120. The molecule has 0 aliphatic carbocycles. The topological polar surface area (TPSA) is 103 Å². The van der Waals surface area contributed by atoms with Crippen molar-refractivity contribution in [1.29, 1.82) is 0 Å². The van der Waals surface area contributed by atoms with Gasteiger partial charge < -0.3 is 5.73 Å². The van der Waals surface area contributed by atoms with Gasteiger partial charge in [0, 0.05) is 5.69 Å². The fourth-order valence-electron chi connectivity index (χ4n) is 2.28. The van der Waals surface area contributed by atoms with Crippen molar-refractivity contribution in [2.45, 2.75) is 38.1 Å². The first-order chi connectivity index (χ1) is 11.3. The molecule has 1 aromatic carbocycles. The molecule has 0 saturated heterocycles. The van der Waals surface area contributed by atoms with Gasteiger partial charge in [0.05, 0.1) is 5.25 Å². The molecule has 3 N–H and O–H groups in total. The highest BCUT2D eigenvalue weighted by Gasteiger charge is 2.27. The molecule has 0 fully saturated rings. The number of thioether (sulfide) groups is 1. The van der Waals surface area contributed by atoms with Crippen LogP contribution < -0.4 is 11.1 Å². The summed E-state index contributed by atoms with van der Waals surface area (Å²) in [4.78, 5) is 23.2. The Morgan fingerprint density at radius 1 is 1.25 bits per heavy atom. The monoisotopic (exact) mass is 347 g/mol. The second kappa shape index (κ2) is 7.48. The number of benzene rings is 1. The van der Waals surface area contributed by atoms with Gasteiger partial charge in [-0.25, -0.2) is 4.79 Å². The molecule has 2 rings (SSSR count). The lowest BCUT2D eigenvalue weighted by Gasteiger charge is -2.19. The predicted octanol–water partition coefficient (Wildman–Crippen LogP) is 2.20. The van der Waals surface area contributed by atoms with Gasteiger partial charge in [0.25, 0.3) is 0 Å². The number of nitrogens with two attached hydrogens (primary N) is 1. The van der Waals surface area contributed by atoms with Crippen molar-refractivity contribution in [2.24, 2.45) is 11.7 Å². The van der Waals surface area contributed by atoms with E-state index in [9.17, 15) is 9.59 Å². The molecule has 0 aliphatic heterocycles. The molecule has 0 bridgehead atoms. The number of amides is 3. The lowest BCUT2D eigenvalue weighted by atomic mass is 10.1. The Kier molecular flexibility index (Phi) is 5.61. The number of aryl methyl sites for hydroxylation is 2. The molecule has 0 radical (unpaired) electrons.